The molecule has 0 radical (unpaired) electrons. The van der Waals surface area contributed by atoms with Crippen molar-refractivity contribution in [1.82, 2.24) is 5.32 Å². The topological polar surface area (TPSA) is 124 Å². The summed E-state index contributed by atoms with van der Waals surface area (Å²) >= 11 is 0. The van der Waals surface area contributed by atoms with Crippen molar-refractivity contribution in [1.29, 1.82) is 0 Å². The van der Waals surface area contributed by atoms with Crippen LogP contribution in [-0.4, -0.2) is 46.8 Å². The zero-order chi connectivity index (χ0) is 11.6. The summed E-state index contributed by atoms with van der Waals surface area (Å²) in [6.07, 6.45) is 1.12. The number of carboxylic acid groups (broad SMARTS) is 3. The highest BCUT2D eigenvalue weighted by Crippen LogP contribution is 1.70. The van der Waals surface area contributed by atoms with Crippen LogP contribution in [0.15, 0.2) is 12.2 Å². The lowest BCUT2D eigenvalue weighted by Crippen LogP contribution is -2.16. The van der Waals surface area contributed by atoms with Crippen LogP contribution in [0.1, 0.15) is 0 Å². The van der Waals surface area contributed by atoms with E-state index in [9.17, 15) is 14.4 Å². The smallest absolute Gasteiger partial charge is 0.328 e. The lowest BCUT2D eigenvalue weighted by molar-refractivity contribution is -0.136. The molecule has 0 rings (SSSR count). The second-order valence-electron chi connectivity index (χ2n) is 1.93. The first-order valence-electron chi connectivity index (χ1n) is 3.40. The summed E-state index contributed by atoms with van der Waals surface area (Å²) in [6.45, 7) is 0.0417. The zero-order valence-electron chi connectivity index (χ0n) is 7.43. The van der Waals surface area contributed by atoms with Crippen LogP contribution in [0.25, 0.3) is 0 Å². The first kappa shape index (κ1) is 14.6. The number of rotatable bonds is 4. The molecule has 0 spiro atoms. The Morgan fingerprint density at radius 2 is 1.43 bits per heavy atom. The van der Waals surface area contributed by atoms with Crippen LogP contribution >= 0.6 is 0 Å². The summed E-state index contributed by atoms with van der Waals surface area (Å²) in [4.78, 5) is 28.6. The fraction of sp³-hybridized carbons (Fsp3) is 0.286. The molecule has 0 heterocycles. The molecule has 0 fully saturated rings. The molecule has 0 aromatic heterocycles. The van der Waals surface area contributed by atoms with E-state index in [1.54, 1.807) is 7.05 Å². The maximum absolute atomic E-state index is 9.55. The molecule has 0 aliphatic rings. The standard InChI is InChI=1S/C4H4O4.C3H7NO2/c5-3(6)1-2-4(7)8;1-4-2-3(5)6/h1-2H,(H,5,6)(H,7,8);4H,2H2,1H3,(H,5,6). The van der Waals surface area contributed by atoms with E-state index in [1.807, 2.05) is 0 Å². The first-order chi connectivity index (χ1) is 6.40. The number of nitrogens with one attached hydrogen (secondary N) is 1. The number of likely N-dealkylation sites (N-methyl/N-ethyl adjacent to an activating group) is 1. The van der Waals surface area contributed by atoms with Gasteiger partial charge in [0, 0.05) is 12.2 Å². The van der Waals surface area contributed by atoms with Gasteiger partial charge in [-0.05, 0) is 7.05 Å². The van der Waals surface area contributed by atoms with E-state index in [0.29, 0.717) is 12.2 Å². The summed E-state index contributed by atoms with van der Waals surface area (Å²) in [6, 6.07) is 0. The summed E-state index contributed by atoms with van der Waals surface area (Å²) in [7, 11) is 1.59. The van der Waals surface area contributed by atoms with E-state index in [1.165, 1.54) is 0 Å². The molecule has 7 heteroatoms. The van der Waals surface area contributed by atoms with Crippen LogP contribution in [0.3, 0.4) is 0 Å². The first-order valence-corrected chi connectivity index (χ1v) is 3.40. The molecule has 0 aliphatic heterocycles. The van der Waals surface area contributed by atoms with Crippen LogP contribution in [-0.2, 0) is 14.4 Å². The number of carbonyl (C=O) groups is 3. The van der Waals surface area contributed by atoms with Gasteiger partial charge >= 0.3 is 17.9 Å². The zero-order valence-corrected chi connectivity index (χ0v) is 7.43. The number of aliphatic carboxylic acids is 3. The summed E-state index contributed by atoms with van der Waals surface area (Å²) in [5.41, 5.74) is 0. The van der Waals surface area contributed by atoms with E-state index >= 15 is 0 Å². The highest BCUT2D eigenvalue weighted by Gasteiger charge is 1.88. The van der Waals surface area contributed by atoms with Crippen molar-refractivity contribution in [3.05, 3.63) is 12.2 Å². The third-order valence-electron chi connectivity index (χ3n) is 0.696. The minimum Gasteiger partial charge on any atom is -0.480 e. The second kappa shape index (κ2) is 9.20. The van der Waals surface area contributed by atoms with Gasteiger partial charge in [0.15, 0.2) is 0 Å². The average Bonchev–Trinajstić information content (AvgIpc) is 2.01. The van der Waals surface area contributed by atoms with Gasteiger partial charge in [-0.15, -0.1) is 0 Å². The number of hydrogen-bond donors (Lipinski definition) is 4. The molecule has 0 bridgehead atoms. The third kappa shape index (κ3) is 22.5. The fourth-order valence-electron chi connectivity index (χ4n) is 0.294. The summed E-state index contributed by atoms with van der Waals surface area (Å²) < 4.78 is 0. The quantitative estimate of drug-likeness (QED) is 0.434. The molecule has 14 heavy (non-hydrogen) atoms. The molecule has 4 N–H and O–H groups in total. The maximum Gasteiger partial charge on any atom is 0.328 e. The normalized spacial score (nSPS) is 8.93. The Kier molecular flexibility index (Phi) is 9.61. The van der Waals surface area contributed by atoms with Gasteiger partial charge in [-0.3, -0.25) is 4.79 Å². The molecule has 0 amide bonds. The Morgan fingerprint density at radius 1 is 1.07 bits per heavy atom. The molecule has 0 unspecified atom stereocenters. The van der Waals surface area contributed by atoms with Crippen molar-refractivity contribution in [3.8, 4) is 0 Å². The van der Waals surface area contributed by atoms with Gasteiger partial charge in [0.2, 0.25) is 0 Å². The van der Waals surface area contributed by atoms with Crippen LogP contribution in [0.5, 0.6) is 0 Å². The number of hydrogen-bond acceptors (Lipinski definition) is 4. The maximum atomic E-state index is 9.55. The van der Waals surface area contributed by atoms with Crippen molar-refractivity contribution in [2.24, 2.45) is 0 Å². The van der Waals surface area contributed by atoms with Gasteiger partial charge in [0.1, 0.15) is 0 Å². The Bertz CT molecular complexity index is 218. The van der Waals surface area contributed by atoms with E-state index in [2.05, 4.69) is 5.32 Å². The van der Waals surface area contributed by atoms with Gasteiger partial charge in [0.25, 0.3) is 0 Å². The van der Waals surface area contributed by atoms with Crippen molar-refractivity contribution in [2.45, 2.75) is 0 Å². The molecule has 0 saturated carbocycles. The minimum absolute atomic E-state index is 0.0417. The van der Waals surface area contributed by atoms with Crippen molar-refractivity contribution in [2.75, 3.05) is 13.6 Å². The predicted octanol–water partition coefficient (Wildman–Crippen LogP) is -0.998. The van der Waals surface area contributed by atoms with Gasteiger partial charge < -0.3 is 20.6 Å². The molecular formula is C7H11NO6. The van der Waals surface area contributed by atoms with Crippen LogP contribution in [0, 0.1) is 0 Å². The molecule has 0 aliphatic carbocycles. The summed E-state index contributed by atoms with van der Waals surface area (Å²) in [5, 5.41) is 25.9. The summed E-state index contributed by atoms with van der Waals surface area (Å²) in [5.74, 6) is -3.34. The van der Waals surface area contributed by atoms with Gasteiger partial charge in [0.05, 0.1) is 6.54 Å². The van der Waals surface area contributed by atoms with Gasteiger partial charge in [-0.25, -0.2) is 9.59 Å². The van der Waals surface area contributed by atoms with Crippen LogP contribution in [0.4, 0.5) is 0 Å². The highest BCUT2D eigenvalue weighted by atomic mass is 16.4. The van der Waals surface area contributed by atoms with Crippen LogP contribution < -0.4 is 5.32 Å². The lowest BCUT2D eigenvalue weighted by atomic mass is 10.5. The van der Waals surface area contributed by atoms with E-state index < -0.39 is 17.9 Å². The van der Waals surface area contributed by atoms with Gasteiger partial charge in [-0.1, -0.05) is 0 Å². The fourth-order valence-corrected chi connectivity index (χ4v) is 0.294. The monoisotopic (exact) mass is 205 g/mol. The Morgan fingerprint density at radius 3 is 1.50 bits per heavy atom. The minimum atomic E-state index is -1.26. The Balaban J connectivity index is 0. The van der Waals surface area contributed by atoms with E-state index in [0.717, 1.165) is 0 Å². The molecule has 7 nitrogen and oxygen atoms in total. The molecule has 0 saturated heterocycles. The molecule has 0 aromatic carbocycles. The Hall–Kier alpha value is -1.89. The predicted molar refractivity (Wildman–Crippen MR) is 46.0 cm³/mol. The molecular weight excluding hydrogens is 194 g/mol. The van der Waals surface area contributed by atoms with E-state index in [4.69, 9.17) is 15.3 Å². The Labute approximate surface area is 79.7 Å². The van der Waals surface area contributed by atoms with Crippen molar-refractivity contribution in [3.63, 3.8) is 0 Å². The molecule has 0 aromatic rings. The molecule has 0 atom stereocenters. The van der Waals surface area contributed by atoms with Crippen molar-refractivity contribution >= 4 is 17.9 Å². The number of carboxylic acids is 3. The highest BCUT2D eigenvalue weighted by molar-refractivity contribution is 5.89. The third-order valence-corrected chi connectivity index (χ3v) is 0.696. The SMILES string of the molecule is CNCC(=O)O.O=C(O)C=CC(=O)O. The van der Waals surface area contributed by atoms with Crippen molar-refractivity contribution < 1.29 is 29.7 Å². The largest absolute Gasteiger partial charge is 0.480 e. The molecule has 80 valence electrons. The van der Waals surface area contributed by atoms with Gasteiger partial charge in [-0.2, -0.15) is 0 Å². The average molecular weight is 205 g/mol. The van der Waals surface area contributed by atoms with Crippen LogP contribution in [0.2, 0.25) is 0 Å². The second-order valence-corrected chi connectivity index (χ2v) is 1.93. The lowest BCUT2D eigenvalue weighted by Gasteiger charge is -1.84. The van der Waals surface area contributed by atoms with E-state index in [-0.39, 0.29) is 6.54 Å².